The molecular weight excluding hydrogens is 476 g/mol. The van der Waals surface area contributed by atoms with Gasteiger partial charge in [-0.2, -0.15) is 0 Å². The molecule has 1 atom stereocenters. The molecule has 3 aromatic carbocycles. The minimum Gasteiger partial charge on any atom is -0.490 e. The third kappa shape index (κ3) is 8.37. The molecule has 0 bridgehead atoms. The first-order valence-corrected chi connectivity index (χ1v) is 13.5. The minimum atomic E-state index is -0.621. The summed E-state index contributed by atoms with van der Waals surface area (Å²) in [5.41, 5.74) is 4.11. The van der Waals surface area contributed by atoms with Gasteiger partial charge in [-0.1, -0.05) is 66.2 Å². The van der Waals surface area contributed by atoms with E-state index in [2.05, 4.69) is 11.4 Å². The Morgan fingerprint density at radius 3 is 2.21 bits per heavy atom. The molecule has 6 heteroatoms. The Bertz CT molecular complexity index is 1180. The van der Waals surface area contributed by atoms with E-state index in [9.17, 15) is 9.59 Å². The standard InChI is InChI=1S/C32H40N2O4/c1-5-33-32(36)28(21-25-13-9-8-10-14-25)34(23-27-15-11-12-24(4)20-27)31(35)19-17-26-16-18-29(37-6-2)30(22-26)38-7-3/h8-16,18,20,22,28H,5-7,17,19,21,23H2,1-4H3,(H,33,36)/t28-/m0/s1. The van der Waals surface area contributed by atoms with E-state index < -0.39 is 6.04 Å². The van der Waals surface area contributed by atoms with Gasteiger partial charge in [-0.25, -0.2) is 0 Å². The largest absolute Gasteiger partial charge is 0.490 e. The average molecular weight is 517 g/mol. The molecule has 1 N–H and O–H groups in total. The molecule has 0 aliphatic heterocycles. The summed E-state index contributed by atoms with van der Waals surface area (Å²) in [5.74, 6) is 1.17. The van der Waals surface area contributed by atoms with E-state index in [1.165, 1.54) is 0 Å². The molecule has 0 unspecified atom stereocenters. The molecule has 0 spiro atoms. The first-order chi connectivity index (χ1) is 18.4. The van der Waals surface area contributed by atoms with E-state index in [1.807, 2.05) is 94.4 Å². The molecule has 0 aliphatic carbocycles. The van der Waals surface area contributed by atoms with Crippen LogP contribution in [0.5, 0.6) is 11.5 Å². The van der Waals surface area contributed by atoms with Crippen molar-refractivity contribution in [3.8, 4) is 11.5 Å². The lowest BCUT2D eigenvalue weighted by Crippen LogP contribution is -2.50. The maximum absolute atomic E-state index is 13.8. The number of carbonyl (C=O) groups excluding carboxylic acids is 2. The van der Waals surface area contributed by atoms with Crippen molar-refractivity contribution >= 4 is 11.8 Å². The molecule has 0 fully saturated rings. The Hall–Kier alpha value is -3.80. The summed E-state index contributed by atoms with van der Waals surface area (Å²) < 4.78 is 11.4. The second-order valence-electron chi connectivity index (χ2n) is 9.26. The fourth-order valence-electron chi connectivity index (χ4n) is 4.50. The number of hydrogen-bond donors (Lipinski definition) is 1. The molecule has 2 amide bonds. The maximum Gasteiger partial charge on any atom is 0.243 e. The van der Waals surface area contributed by atoms with Gasteiger partial charge in [0.1, 0.15) is 6.04 Å². The van der Waals surface area contributed by atoms with Crippen LogP contribution in [0.2, 0.25) is 0 Å². The number of likely N-dealkylation sites (N-methyl/N-ethyl adjacent to an activating group) is 1. The molecular formula is C32H40N2O4. The Balaban J connectivity index is 1.87. The van der Waals surface area contributed by atoms with Gasteiger partial charge in [0, 0.05) is 25.9 Å². The number of carbonyl (C=O) groups is 2. The second-order valence-corrected chi connectivity index (χ2v) is 9.26. The Morgan fingerprint density at radius 2 is 1.53 bits per heavy atom. The van der Waals surface area contributed by atoms with Gasteiger partial charge in [-0.05, 0) is 62.9 Å². The summed E-state index contributed by atoms with van der Waals surface area (Å²) in [6.07, 6.45) is 1.25. The highest BCUT2D eigenvalue weighted by Crippen LogP contribution is 2.29. The Morgan fingerprint density at radius 1 is 0.816 bits per heavy atom. The average Bonchev–Trinajstić information content (AvgIpc) is 2.91. The van der Waals surface area contributed by atoms with Gasteiger partial charge < -0.3 is 19.7 Å². The fraction of sp³-hybridized carbons (Fsp3) is 0.375. The summed E-state index contributed by atoms with van der Waals surface area (Å²) in [5, 5.41) is 2.95. The number of hydrogen-bond acceptors (Lipinski definition) is 4. The molecule has 6 nitrogen and oxygen atoms in total. The van der Waals surface area contributed by atoms with Gasteiger partial charge in [0.2, 0.25) is 11.8 Å². The first-order valence-electron chi connectivity index (χ1n) is 13.5. The van der Waals surface area contributed by atoms with Crippen LogP contribution < -0.4 is 14.8 Å². The van der Waals surface area contributed by atoms with Crippen molar-refractivity contribution in [2.24, 2.45) is 0 Å². The molecule has 0 aliphatic rings. The van der Waals surface area contributed by atoms with Crippen molar-refractivity contribution in [3.05, 3.63) is 95.1 Å². The third-order valence-electron chi connectivity index (χ3n) is 6.29. The third-order valence-corrected chi connectivity index (χ3v) is 6.29. The van der Waals surface area contributed by atoms with E-state index in [0.29, 0.717) is 50.6 Å². The van der Waals surface area contributed by atoms with Gasteiger partial charge in [0.05, 0.1) is 13.2 Å². The van der Waals surface area contributed by atoms with Crippen molar-refractivity contribution in [1.82, 2.24) is 10.2 Å². The van der Waals surface area contributed by atoms with Gasteiger partial charge >= 0.3 is 0 Å². The zero-order chi connectivity index (χ0) is 27.3. The summed E-state index contributed by atoms with van der Waals surface area (Å²) >= 11 is 0. The number of amides is 2. The zero-order valence-corrected chi connectivity index (χ0v) is 23.0. The highest BCUT2D eigenvalue weighted by Gasteiger charge is 2.30. The van der Waals surface area contributed by atoms with Crippen LogP contribution >= 0.6 is 0 Å². The number of rotatable bonds is 14. The van der Waals surface area contributed by atoms with E-state index in [0.717, 1.165) is 22.3 Å². The van der Waals surface area contributed by atoms with Crippen molar-refractivity contribution < 1.29 is 19.1 Å². The molecule has 3 rings (SSSR count). The Kier molecular flexibility index (Phi) is 11.2. The predicted molar refractivity (Wildman–Crippen MR) is 151 cm³/mol. The van der Waals surface area contributed by atoms with Crippen LogP contribution in [0.15, 0.2) is 72.8 Å². The minimum absolute atomic E-state index is 0.0643. The van der Waals surface area contributed by atoms with Crippen LogP contribution in [0.1, 0.15) is 49.4 Å². The van der Waals surface area contributed by atoms with Crippen molar-refractivity contribution in [2.75, 3.05) is 19.8 Å². The van der Waals surface area contributed by atoms with E-state index in [4.69, 9.17) is 9.47 Å². The van der Waals surface area contributed by atoms with Crippen LogP contribution in [-0.4, -0.2) is 42.5 Å². The van der Waals surface area contributed by atoms with Crippen LogP contribution in [0.3, 0.4) is 0 Å². The Labute approximate surface area is 227 Å². The molecule has 38 heavy (non-hydrogen) atoms. The molecule has 3 aromatic rings. The molecule has 0 heterocycles. The number of ether oxygens (including phenoxy) is 2. The van der Waals surface area contributed by atoms with Gasteiger partial charge in [0.15, 0.2) is 11.5 Å². The lowest BCUT2D eigenvalue weighted by atomic mass is 10.0. The first kappa shape index (κ1) is 28.8. The summed E-state index contributed by atoms with van der Waals surface area (Å²) in [6, 6.07) is 23.1. The molecule has 202 valence electrons. The summed E-state index contributed by atoms with van der Waals surface area (Å²) in [7, 11) is 0. The maximum atomic E-state index is 13.8. The number of nitrogens with one attached hydrogen (secondary N) is 1. The highest BCUT2D eigenvalue weighted by atomic mass is 16.5. The van der Waals surface area contributed by atoms with E-state index >= 15 is 0 Å². The van der Waals surface area contributed by atoms with E-state index in [-0.39, 0.29) is 18.2 Å². The van der Waals surface area contributed by atoms with Crippen molar-refractivity contribution in [3.63, 3.8) is 0 Å². The number of nitrogens with zero attached hydrogens (tertiary/aromatic N) is 1. The second kappa shape index (κ2) is 14.8. The quantitative estimate of drug-likeness (QED) is 0.307. The zero-order valence-electron chi connectivity index (χ0n) is 23.0. The monoisotopic (exact) mass is 516 g/mol. The van der Waals surface area contributed by atoms with Crippen LogP contribution in [0.25, 0.3) is 0 Å². The number of aryl methyl sites for hydroxylation is 2. The molecule has 0 saturated heterocycles. The molecule has 0 aromatic heterocycles. The lowest BCUT2D eigenvalue weighted by Gasteiger charge is -2.31. The normalized spacial score (nSPS) is 11.5. The topological polar surface area (TPSA) is 67.9 Å². The smallest absolute Gasteiger partial charge is 0.243 e. The molecule has 0 radical (unpaired) electrons. The highest BCUT2D eigenvalue weighted by molar-refractivity contribution is 5.88. The fourth-order valence-corrected chi connectivity index (χ4v) is 4.50. The summed E-state index contributed by atoms with van der Waals surface area (Å²) in [6.45, 7) is 9.74. The predicted octanol–water partition coefficient (Wildman–Crippen LogP) is 5.50. The molecule has 0 saturated carbocycles. The van der Waals surface area contributed by atoms with Gasteiger partial charge in [-0.15, -0.1) is 0 Å². The number of benzene rings is 3. The summed E-state index contributed by atoms with van der Waals surface area (Å²) in [4.78, 5) is 28.9. The van der Waals surface area contributed by atoms with Crippen LogP contribution in [-0.2, 0) is 29.0 Å². The van der Waals surface area contributed by atoms with Crippen LogP contribution in [0, 0.1) is 6.92 Å². The van der Waals surface area contributed by atoms with Gasteiger partial charge in [-0.3, -0.25) is 9.59 Å². The van der Waals surface area contributed by atoms with Crippen molar-refractivity contribution in [2.45, 2.75) is 59.5 Å². The van der Waals surface area contributed by atoms with Gasteiger partial charge in [0.25, 0.3) is 0 Å². The van der Waals surface area contributed by atoms with Crippen LogP contribution in [0.4, 0.5) is 0 Å². The lowest BCUT2D eigenvalue weighted by molar-refractivity contribution is -0.141. The SMILES string of the molecule is CCNC(=O)[C@H](Cc1ccccc1)N(Cc1cccc(C)c1)C(=O)CCc1ccc(OCC)c(OCC)c1. The van der Waals surface area contributed by atoms with Crippen molar-refractivity contribution in [1.29, 1.82) is 0 Å². The van der Waals surface area contributed by atoms with E-state index in [1.54, 1.807) is 4.90 Å².